The summed E-state index contributed by atoms with van der Waals surface area (Å²) in [6.07, 6.45) is -3.24. The Balaban J connectivity index is 1.27. The molecule has 3 aromatic carbocycles. The summed E-state index contributed by atoms with van der Waals surface area (Å²) >= 11 is 6.14. The molecule has 0 radical (unpaired) electrons. The number of hydrogen-bond acceptors (Lipinski definition) is 8. The van der Waals surface area contributed by atoms with Gasteiger partial charge in [-0.15, -0.1) is 0 Å². The predicted octanol–water partition coefficient (Wildman–Crippen LogP) is 5.30. The van der Waals surface area contributed by atoms with Crippen molar-refractivity contribution in [2.45, 2.75) is 12.6 Å². The number of ether oxygens (including phenoxy) is 3. The van der Waals surface area contributed by atoms with E-state index in [4.69, 9.17) is 30.9 Å². The van der Waals surface area contributed by atoms with Gasteiger partial charge in [-0.3, -0.25) is 19.2 Å². The Labute approximate surface area is 294 Å². The fraction of sp³-hybridized carbons (Fsp3) is 0.265. The Morgan fingerprint density at radius 3 is 2.14 bits per heavy atom. The Kier molecular flexibility index (Phi) is 14.1. The van der Waals surface area contributed by atoms with Crippen LogP contribution in [0.15, 0.2) is 79.0 Å². The Morgan fingerprint density at radius 1 is 0.765 bits per heavy atom. The maximum Gasteiger partial charge on any atom is 0.416 e. The molecule has 0 saturated carbocycles. The van der Waals surface area contributed by atoms with Gasteiger partial charge in [-0.2, -0.15) is 18.3 Å². The first-order chi connectivity index (χ1) is 24.4. The number of aliphatic carboxylic acids is 1. The van der Waals surface area contributed by atoms with Gasteiger partial charge < -0.3 is 35.3 Å². The van der Waals surface area contributed by atoms with E-state index in [1.165, 1.54) is 71.5 Å². The molecule has 51 heavy (non-hydrogen) atoms. The van der Waals surface area contributed by atoms with E-state index in [1.807, 2.05) is 0 Å². The highest BCUT2D eigenvalue weighted by molar-refractivity contribution is 6.31. The molecule has 4 N–H and O–H groups in total. The second-order valence-corrected chi connectivity index (χ2v) is 11.0. The Bertz CT molecular complexity index is 1840. The number of alkyl halides is 3. The van der Waals surface area contributed by atoms with E-state index in [1.54, 1.807) is 0 Å². The van der Waals surface area contributed by atoms with Crippen molar-refractivity contribution in [2.24, 2.45) is 0 Å². The third kappa shape index (κ3) is 12.2. The lowest BCUT2D eigenvalue weighted by atomic mass is 10.1. The van der Waals surface area contributed by atoms with Crippen LogP contribution < -0.4 is 16.0 Å². The summed E-state index contributed by atoms with van der Waals surface area (Å²) in [5, 5.41) is 20.8. The number of benzene rings is 3. The monoisotopic (exact) mass is 731 g/mol. The number of nitrogens with zero attached hydrogens (tertiary/aromatic N) is 2. The maximum absolute atomic E-state index is 13.2. The molecule has 3 amide bonds. The molecule has 0 aliphatic rings. The second-order valence-electron chi connectivity index (χ2n) is 10.6. The molecular formula is C34H33ClF3N5O8. The molecule has 4 aromatic rings. The van der Waals surface area contributed by atoms with E-state index in [-0.39, 0.29) is 91.5 Å². The Morgan fingerprint density at radius 2 is 1.43 bits per heavy atom. The summed E-state index contributed by atoms with van der Waals surface area (Å²) in [5.41, 5.74) is -0.313. The number of carboxylic acids is 1. The van der Waals surface area contributed by atoms with Crippen molar-refractivity contribution in [1.29, 1.82) is 0 Å². The van der Waals surface area contributed by atoms with Crippen LogP contribution in [0.1, 0.15) is 43.1 Å². The van der Waals surface area contributed by atoms with Crippen LogP contribution in [0.5, 0.6) is 0 Å². The van der Waals surface area contributed by atoms with Crippen molar-refractivity contribution in [3.8, 4) is 5.69 Å². The van der Waals surface area contributed by atoms with Crippen LogP contribution in [0.25, 0.3) is 5.69 Å². The van der Waals surface area contributed by atoms with Crippen LogP contribution in [0.4, 0.5) is 24.7 Å². The quantitative estimate of drug-likeness (QED) is 0.0992. The highest BCUT2D eigenvalue weighted by atomic mass is 35.5. The lowest BCUT2D eigenvalue weighted by Gasteiger charge is -2.12. The number of carboxylic acid groups (broad SMARTS) is 1. The van der Waals surface area contributed by atoms with Crippen molar-refractivity contribution >= 4 is 46.8 Å². The first kappa shape index (κ1) is 38.5. The van der Waals surface area contributed by atoms with Gasteiger partial charge in [0.25, 0.3) is 17.7 Å². The van der Waals surface area contributed by atoms with E-state index in [9.17, 15) is 32.3 Å². The average molecular weight is 732 g/mol. The zero-order chi connectivity index (χ0) is 36.8. The number of rotatable bonds is 18. The van der Waals surface area contributed by atoms with Gasteiger partial charge in [0.1, 0.15) is 0 Å². The van der Waals surface area contributed by atoms with Gasteiger partial charge in [0.2, 0.25) is 0 Å². The fourth-order valence-electron chi connectivity index (χ4n) is 4.39. The van der Waals surface area contributed by atoms with Crippen LogP contribution in [0.3, 0.4) is 0 Å². The number of anilines is 2. The number of amides is 3. The lowest BCUT2D eigenvalue weighted by molar-refractivity contribution is -0.139. The first-order valence-corrected chi connectivity index (χ1v) is 15.8. The standard InChI is InChI=1S/C34H33ClF3N5O8/c35-25-7-8-28(27(21-25)33(48)41-29-9-12-43(42-29)26-6-2-5-24(20-26)34(36,37)38)40-32(47)23-4-1-3-22(19-23)31(46)39-11-14-50-16-18-51-17-15-49-13-10-30(44)45/h1-9,12,19-21H,10-11,13-18H2,(H,39,46)(H,40,47)(H,44,45)(H,41,42,48). The van der Waals surface area contributed by atoms with Crippen molar-refractivity contribution < 1.29 is 51.7 Å². The summed E-state index contributed by atoms with van der Waals surface area (Å²) < 4.78 is 56.5. The molecule has 0 saturated heterocycles. The van der Waals surface area contributed by atoms with E-state index >= 15 is 0 Å². The number of hydrogen-bond donors (Lipinski definition) is 4. The molecule has 0 atom stereocenters. The van der Waals surface area contributed by atoms with Crippen LogP contribution in [0.2, 0.25) is 5.02 Å². The SMILES string of the molecule is O=C(O)CCOCCOCCOCCNC(=O)c1cccc(C(=O)Nc2ccc(Cl)cc2C(=O)Nc2ccn(-c3cccc(C(F)(F)F)c3)n2)c1. The molecule has 270 valence electrons. The zero-order valence-corrected chi connectivity index (χ0v) is 27.6. The van der Waals surface area contributed by atoms with Crippen molar-refractivity contribution in [3.05, 3.63) is 106 Å². The van der Waals surface area contributed by atoms with Crippen LogP contribution in [-0.4, -0.2) is 84.8 Å². The summed E-state index contributed by atoms with van der Waals surface area (Å²) in [7, 11) is 0. The van der Waals surface area contributed by atoms with Crippen LogP contribution in [-0.2, 0) is 25.2 Å². The number of halogens is 4. The average Bonchev–Trinajstić information content (AvgIpc) is 3.57. The van der Waals surface area contributed by atoms with E-state index in [0.29, 0.717) is 0 Å². The molecule has 0 bridgehead atoms. The molecule has 1 aromatic heterocycles. The third-order valence-corrected chi connectivity index (χ3v) is 7.10. The molecule has 0 fully saturated rings. The smallest absolute Gasteiger partial charge is 0.416 e. The highest BCUT2D eigenvalue weighted by Gasteiger charge is 2.30. The summed E-state index contributed by atoms with van der Waals surface area (Å²) in [6.45, 7) is 1.62. The van der Waals surface area contributed by atoms with E-state index < -0.39 is 35.4 Å². The summed E-state index contributed by atoms with van der Waals surface area (Å²) in [6, 6.07) is 16.1. The third-order valence-electron chi connectivity index (χ3n) is 6.87. The van der Waals surface area contributed by atoms with Gasteiger partial charge in [0, 0.05) is 35.0 Å². The summed E-state index contributed by atoms with van der Waals surface area (Å²) in [4.78, 5) is 49.5. The minimum absolute atomic E-state index is 0.0205. The van der Waals surface area contributed by atoms with E-state index in [0.717, 1.165) is 12.1 Å². The highest BCUT2D eigenvalue weighted by Crippen LogP contribution is 2.30. The van der Waals surface area contributed by atoms with Gasteiger partial charge in [-0.1, -0.05) is 23.7 Å². The number of carbonyl (C=O) groups excluding carboxylic acids is 3. The minimum Gasteiger partial charge on any atom is -0.481 e. The van der Waals surface area contributed by atoms with Gasteiger partial charge >= 0.3 is 12.1 Å². The van der Waals surface area contributed by atoms with Gasteiger partial charge in [0.15, 0.2) is 5.82 Å². The molecule has 0 aliphatic heterocycles. The first-order valence-electron chi connectivity index (χ1n) is 15.4. The normalized spacial score (nSPS) is 11.2. The van der Waals surface area contributed by atoms with Crippen molar-refractivity contribution in [2.75, 3.05) is 56.8 Å². The lowest BCUT2D eigenvalue weighted by Crippen LogP contribution is -2.28. The topological polar surface area (TPSA) is 170 Å². The molecule has 0 spiro atoms. The molecule has 0 aliphatic carbocycles. The molecule has 0 unspecified atom stereocenters. The summed E-state index contributed by atoms with van der Waals surface area (Å²) in [5.74, 6) is -2.67. The van der Waals surface area contributed by atoms with Gasteiger partial charge in [-0.25, -0.2) is 4.68 Å². The van der Waals surface area contributed by atoms with Gasteiger partial charge in [-0.05, 0) is 54.6 Å². The minimum atomic E-state index is -4.54. The van der Waals surface area contributed by atoms with Crippen molar-refractivity contribution in [3.63, 3.8) is 0 Å². The van der Waals surface area contributed by atoms with Gasteiger partial charge in [0.05, 0.1) is 68.6 Å². The maximum atomic E-state index is 13.2. The van der Waals surface area contributed by atoms with Crippen LogP contribution in [0, 0.1) is 0 Å². The Hall–Kier alpha value is -5.29. The van der Waals surface area contributed by atoms with Crippen molar-refractivity contribution in [1.82, 2.24) is 15.1 Å². The fourth-order valence-corrected chi connectivity index (χ4v) is 4.56. The molecular weight excluding hydrogens is 699 g/mol. The molecule has 4 rings (SSSR count). The van der Waals surface area contributed by atoms with E-state index in [2.05, 4.69) is 21.0 Å². The molecule has 1 heterocycles. The predicted molar refractivity (Wildman–Crippen MR) is 179 cm³/mol. The molecule has 13 nitrogen and oxygen atoms in total. The number of aromatic nitrogens is 2. The largest absolute Gasteiger partial charge is 0.481 e. The zero-order valence-electron chi connectivity index (χ0n) is 26.9. The van der Waals surface area contributed by atoms with Crippen LogP contribution >= 0.6 is 11.6 Å². The number of nitrogens with one attached hydrogen (secondary N) is 3. The molecule has 17 heteroatoms. The second kappa shape index (κ2) is 18.6. The number of carbonyl (C=O) groups is 4.